The summed E-state index contributed by atoms with van der Waals surface area (Å²) in [5, 5.41) is 5.67. The fourth-order valence-electron chi connectivity index (χ4n) is 1.09. The summed E-state index contributed by atoms with van der Waals surface area (Å²) < 4.78 is 0. The number of unbranched alkanes of at least 4 members (excludes halogenated alkanes) is 3. The minimum absolute atomic E-state index is 0.0248. The van der Waals surface area contributed by atoms with Crippen LogP contribution in [0.15, 0.2) is 0 Å². The van der Waals surface area contributed by atoms with Crippen LogP contribution in [0, 0.1) is 12.3 Å². The summed E-state index contributed by atoms with van der Waals surface area (Å²) in [5.74, 6) is 2.44. The molecule has 0 fully saturated rings. The summed E-state index contributed by atoms with van der Waals surface area (Å²) in [5.41, 5.74) is 0. The van der Waals surface area contributed by atoms with Crippen molar-refractivity contribution in [1.82, 2.24) is 10.6 Å². The Balaban J connectivity index is 3.15. The Bertz CT molecular complexity index is 184. The molecule has 0 aromatic heterocycles. The van der Waals surface area contributed by atoms with Gasteiger partial charge in [-0.2, -0.15) is 0 Å². The number of carbonyl (C=O) groups excluding carboxylic acids is 1. The molecular weight excluding hydrogens is 176 g/mol. The highest BCUT2D eigenvalue weighted by Crippen LogP contribution is 1.96. The minimum Gasteiger partial charge on any atom is -0.355 e. The predicted molar refractivity (Wildman–Crippen MR) is 58.9 cm³/mol. The van der Waals surface area contributed by atoms with Crippen molar-refractivity contribution < 1.29 is 4.79 Å². The molecule has 0 aromatic carbocycles. The Morgan fingerprint density at radius 1 is 1.36 bits per heavy atom. The lowest BCUT2D eigenvalue weighted by Gasteiger charge is -2.04. The maximum absolute atomic E-state index is 11.1. The Morgan fingerprint density at radius 3 is 2.79 bits per heavy atom. The van der Waals surface area contributed by atoms with Gasteiger partial charge in [-0.3, -0.25) is 10.1 Å². The summed E-state index contributed by atoms with van der Waals surface area (Å²) >= 11 is 0. The first kappa shape index (κ1) is 13.0. The van der Waals surface area contributed by atoms with Gasteiger partial charge in [0.1, 0.15) is 0 Å². The number of hydrogen-bond donors (Lipinski definition) is 2. The first-order valence-corrected chi connectivity index (χ1v) is 5.22. The average Bonchev–Trinajstić information content (AvgIpc) is 2.18. The molecule has 0 unspecified atom stereocenters. The van der Waals surface area contributed by atoms with Crippen molar-refractivity contribution in [2.24, 2.45) is 0 Å². The number of terminal acetylenes is 1. The standard InChI is InChI=1S/C11H20N2O/c1-3-5-6-7-9-13-11(14)10-12-8-4-2/h2,12H,3,5-10H2,1H3,(H,13,14). The summed E-state index contributed by atoms with van der Waals surface area (Å²) in [6, 6.07) is 0. The van der Waals surface area contributed by atoms with Crippen molar-refractivity contribution >= 4 is 5.91 Å². The van der Waals surface area contributed by atoms with E-state index >= 15 is 0 Å². The van der Waals surface area contributed by atoms with Gasteiger partial charge in [0.15, 0.2) is 0 Å². The van der Waals surface area contributed by atoms with Gasteiger partial charge >= 0.3 is 0 Å². The van der Waals surface area contributed by atoms with E-state index in [4.69, 9.17) is 6.42 Å². The molecule has 0 atom stereocenters. The largest absolute Gasteiger partial charge is 0.355 e. The number of amides is 1. The molecule has 0 spiro atoms. The van der Waals surface area contributed by atoms with Crippen molar-refractivity contribution in [3.05, 3.63) is 0 Å². The molecule has 0 aromatic rings. The van der Waals surface area contributed by atoms with Crippen molar-refractivity contribution in [2.75, 3.05) is 19.6 Å². The van der Waals surface area contributed by atoms with E-state index in [0.717, 1.165) is 13.0 Å². The molecule has 0 saturated carbocycles. The van der Waals surface area contributed by atoms with Gasteiger partial charge in [0.2, 0.25) is 5.91 Å². The Kier molecular flexibility index (Phi) is 9.35. The van der Waals surface area contributed by atoms with Crippen LogP contribution in [0.25, 0.3) is 0 Å². The van der Waals surface area contributed by atoms with Crippen LogP contribution in [0.1, 0.15) is 32.6 Å². The summed E-state index contributed by atoms with van der Waals surface area (Å²) in [7, 11) is 0. The predicted octanol–water partition coefficient (Wildman–Crippen LogP) is 0.906. The summed E-state index contributed by atoms with van der Waals surface area (Å²) in [4.78, 5) is 11.1. The number of rotatable bonds is 8. The van der Waals surface area contributed by atoms with Crippen LogP contribution in [0.2, 0.25) is 0 Å². The third-order valence-electron chi connectivity index (χ3n) is 1.87. The van der Waals surface area contributed by atoms with Gasteiger partial charge in [-0.15, -0.1) is 6.42 Å². The lowest BCUT2D eigenvalue weighted by molar-refractivity contribution is -0.120. The smallest absolute Gasteiger partial charge is 0.233 e. The van der Waals surface area contributed by atoms with E-state index in [9.17, 15) is 4.79 Å². The third kappa shape index (κ3) is 9.08. The topological polar surface area (TPSA) is 41.1 Å². The molecule has 2 N–H and O–H groups in total. The molecule has 0 aliphatic heterocycles. The first-order chi connectivity index (χ1) is 6.81. The first-order valence-electron chi connectivity index (χ1n) is 5.22. The van der Waals surface area contributed by atoms with E-state index in [1.807, 2.05) is 0 Å². The zero-order valence-corrected chi connectivity index (χ0v) is 8.94. The highest BCUT2D eigenvalue weighted by atomic mass is 16.1. The molecule has 0 heterocycles. The second kappa shape index (κ2) is 10.1. The molecule has 0 aliphatic rings. The van der Waals surface area contributed by atoms with Crippen molar-refractivity contribution in [1.29, 1.82) is 0 Å². The van der Waals surface area contributed by atoms with E-state index in [0.29, 0.717) is 13.1 Å². The van der Waals surface area contributed by atoms with Gasteiger partial charge in [-0.1, -0.05) is 32.1 Å². The fraction of sp³-hybridized carbons (Fsp3) is 0.727. The van der Waals surface area contributed by atoms with Crippen molar-refractivity contribution in [3.63, 3.8) is 0 Å². The molecular formula is C11H20N2O. The van der Waals surface area contributed by atoms with Crippen LogP contribution in [0.3, 0.4) is 0 Å². The van der Waals surface area contributed by atoms with Gasteiger partial charge in [0.25, 0.3) is 0 Å². The second-order valence-corrected chi connectivity index (χ2v) is 3.22. The molecule has 3 nitrogen and oxygen atoms in total. The zero-order valence-electron chi connectivity index (χ0n) is 8.94. The van der Waals surface area contributed by atoms with Crippen LogP contribution >= 0.6 is 0 Å². The second-order valence-electron chi connectivity index (χ2n) is 3.22. The summed E-state index contributed by atoms with van der Waals surface area (Å²) in [6.07, 6.45) is 9.74. The maximum atomic E-state index is 11.1. The number of hydrogen-bond acceptors (Lipinski definition) is 2. The molecule has 80 valence electrons. The molecule has 14 heavy (non-hydrogen) atoms. The van der Waals surface area contributed by atoms with E-state index < -0.39 is 0 Å². The van der Waals surface area contributed by atoms with Gasteiger partial charge in [-0.05, 0) is 6.42 Å². The van der Waals surface area contributed by atoms with Gasteiger partial charge in [0.05, 0.1) is 13.1 Å². The van der Waals surface area contributed by atoms with Gasteiger partial charge in [0, 0.05) is 6.54 Å². The third-order valence-corrected chi connectivity index (χ3v) is 1.87. The highest BCUT2D eigenvalue weighted by Gasteiger charge is 1.97. The Labute approximate surface area is 86.6 Å². The van der Waals surface area contributed by atoms with Crippen LogP contribution in [0.5, 0.6) is 0 Å². The van der Waals surface area contributed by atoms with Crippen LogP contribution in [0.4, 0.5) is 0 Å². The monoisotopic (exact) mass is 196 g/mol. The van der Waals surface area contributed by atoms with Gasteiger partial charge < -0.3 is 5.32 Å². The normalized spacial score (nSPS) is 9.43. The van der Waals surface area contributed by atoms with Crippen LogP contribution in [-0.4, -0.2) is 25.5 Å². The molecule has 0 rings (SSSR count). The summed E-state index contributed by atoms with van der Waals surface area (Å²) in [6.45, 7) is 3.71. The van der Waals surface area contributed by atoms with E-state index in [-0.39, 0.29) is 5.91 Å². The quantitative estimate of drug-likeness (QED) is 0.447. The molecule has 1 amide bonds. The lowest BCUT2D eigenvalue weighted by atomic mass is 10.2. The Morgan fingerprint density at radius 2 is 2.14 bits per heavy atom. The van der Waals surface area contributed by atoms with Crippen LogP contribution < -0.4 is 10.6 Å². The van der Waals surface area contributed by atoms with Crippen molar-refractivity contribution in [2.45, 2.75) is 32.6 Å². The molecule has 0 bridgehead atoms. The molecule has 0 saturated heterocycles. The zero-order chi connectivity index (χ0) is 10.6. The van der Waals surface area contributed by atoms with Crippen LogP contribution in [-0.2, 0) is 4.79 Å². The maximum Gasteiger partial charge on any atom is 0.233 e. The lowest BCUT2D eigenvalue weighted by Crippen LogP contribution is -2.34. The molecule has 3 heteroatoms. The molecule has 0 aliphatic carbocycles. The van der Waals surface area contributed by atoms with E-state index in [1.165, 1.54) is 19.3 Å². The number of nitrogens with one attached hydrogen (secondary N) is 2. The van der Waals surface area contributed by atoms with Gasteiger partial charge in [-0.25, -0.2) is 0 Å². The highest BCUT2D eigenvalue weighted by molar-refractivity contribution is 5.77. The fourth-order valence-corrected chi connectivity index (χ4v) is 1.09. The van der Waals surface area contributed by atoms with E-state index in [2.05, 4.69) is 23.5 Å². The average molecular weight is 196 g/mol. The van der Waals surface area contributed by atoms with E-state index in [1.54, 1.807) is 0 Å². The molecule has 0 radical (unpaired) electrons. The van der Waals surface area contributed by atoms with Crippen molar-refractivity contribution in [3.8, 4) is 12.3 Å². The minimum atomic E-state index is 0.0248. The SMILES string of the molecule is C#CCNCC(=O)NCCCCCC. The Hall–Kier alpha value is -1.01. The number of carbonyl (C=O) groups is 1.